The minimum absolute atomic E-state index is 0.122. The zero-order valence-electron chi connectivity index (χ0n) is 17.0. The lowest BCUT2D eigenvalue weighted by molar-refractivity contribution is -0.113. The first-order valence-corrected chi connectivity index (χ1v) is 10.4. The van der Waals surface area contributed by atoms with Gasteiger partial charge in [-0.2, -0.15) is 5.10 Å². The standard InChI is InChI=1S/C21H21N7O2S/c1-14-12-18(28(26-14)16-6-4-3-5-7-16)23-19(29)13-31-21-25-24-20(27(21)22)15-8-10-17(30-2)11-9-15/h3-12H,13,22H2,1-2H3,(H,23,29). The highest BCUT2D eigenvalue weighted by molar-refractivity contribution is 7.99. The largest absolute Gasteiger partial charge is 0.497 e. The number of aryl methyl sites for hydroxylation is 1. The number of amides is 1. The predicted octanol–water partition coefficient (Wildman–Crippen LogP) is 2.89. The number of nitrogen functional groups attached to an aromatic ring is 1. The van der Waals surface area contributed by atoms with Crippen molar-refractivity contribution in [3.05, 3.63) is 66.4 Å². The Morgan fingerprint density at radius 3 is 2.58 bits per heavy atom. The van der Waals surface area contributed by atoms with Gasteiger partial charge in [0.15, 0.2) is 5.82 Å². The first-order valence-electron chi connectivity index (χ1n) is 9.45. The van der Waals surface area contributed by atoms with E-state index >= 15 is 0 Å². The molecule has 2 aromatic heterocycles. The number of nitrogens with zero attached hydrogens (tertiary/aromatic N) is 5. The minimum atomic E-state index is -0.198. The number of hydrogen-bond donors (Lipinski definition) is 2. The summed E-state index contributed by atoms with van der Waals surface area (Å²) < 4.78 is 8.24. The third-order valence-electron chi connectivity index (χ3n) is 4.44. The zero-order valence-corrected chi connectivity index (χ0v) is 17.8. The highest BCUT2D eigenvalue weighted by Crippen LogP contribution is 2.24. The van der Waals surface area contributed by atoms with Crippen LogP contribution >= 0.6 is 11.8 Å². The number of hydrogen-bond acceptors (Lipinski definition) is 7. The summed E-state index contributed by atoms with van der Waals surface area (Å²) in [4.78, 5) is 12.6. The number of anilines is 1. The molecule has 1 amide bonds. The summed E-state index contributed by atoms with van der Waals surface area (Å²) >= 11 is 1.20. The van der Waals surface area contributed by atoms with Crippen molar-refractivity contribution in [1.29, 1.82) is 0 Å². The molecule has 2 aromatic carbocycles. The molecule has 4 rings (SSSR count). The highest BCUT2D eigenvalue weighted by Gasteiger charge is 2.15. The van der Waals surface area contributed by atoms with Crippen molar-refractivity contribution in [2.75, 3.05) is 24.0 Å². The van der Waals surface area contributed by atoms with E-state index in [1.54, 1.807) is 11.8 Å². The fourth-order valence-corrected chi connectivity index (χ4v) is 3.63. The van der Waals surface area contributed by atoms with Gasteiger partial charge in [0.1, 0.15) is 11.6 Å². The van der Waals surface area contributed by atoms with Crippen molar-refractivity contribution < 1.29 is 9.53 Å². The Bertz CT molecular complexity index is 1190. The fraction of sp³-hybridized carbons (Fsp3) is 0.143. The monoisotopic (exact) mass is 435 g/mol. The van der Waals surface area contributed by atoms with Crippen molar-refractivity contribution in [3.8, 4) is 22.8 Å². The molecule has 0 saturated carbocycles. The zero-order chi connectivity index (χ0) is 21.8. The number of thioether (sulfide) groups is 1. The molecule has 2 heterocycles. The van der Waals surface area contributed by atoms with Crippen LogP contribution in [0.5, 0.6) is 5.75 Å². The van der Waals surface area contributed by atoms with E-state index in [1.807, 2.05) is 67.6 Å². The predicted molar refractivity (Wildman–Crippen MR) is 120 cm³/mol. The fourth-order valence-electron chi connectivity index (χ4n) is 2.98. The van der Waals surface area contributed by atoms with Crippen LogP contribution in [-0.2, 0) is 4.79 Å². The van der Waals surface area contributed by atoms with Gasteiger partial charge in [0.25, 0.3) is 0 Å². The lowest BCUT2D eigenvalue weighted by atomic mass is 10.2. The van der Waals surface area contributed by atoms with E-state index in [0.29, 0.717) is 16.8 Å². The highest BCUT2D eigenvalue weighted by atomic mass is 32.2. The second-order valence-corrected chi connectivity index (χ2v) is 7.60. The van der Waals surface area contributed by atoms with Crippen LogP contribution in [0.15, 0.2) is 65.8 Å². The van der Waals surface area contributed by atoms with Gasteiger partial charge in [-0.05, 0) is 43.3 Å². The summed E-state index contributed by atoms with van der Waals surface area (Å²) in [5, 5.41) is 16.0. The van der Waals surface area contributed by atoms with Crippen LogP contribution in [0.1, 0.15) is 5.69 Å². The molecule has 0 atom stereocenters. The number of ether oxygens (including phenoxy) is 1. The summed E-state index contributed by atoms with van der Waals surface area (Å²) in [7, 11) is 1.61. The van der Waals surface area contributed by atoms with Gasteiger partial charge in [-0.3, -0.25) is 4.79 Å². The van der Waals surface area contributed by atoms with E-state index < -0.39 is 0 Å². The molecule has 4 aromatic rings. The van der Waals surface area contributed by atoms with Crippen molar-refractivity contribution in [1.82, 2.24) is 24.7 Å². The number of carbonyl (C=O) groups excluding carboxylic acids is 1. The van der Waals surface area contributed by atoms with Gasteiger partial charge in [0, 0.05) is 11.6 Å². The van der Waals surface area contributed by atoms with E-state index in [-0.39, 0.29) is 11.7 Å². The van der Waals surface area contributed by atoms with Gasteiger partial charge >= 0.3 is 0 Å². The molecule has 0 aliphatic rings. The average molecular weight is 436 g/mol. The van der Waals surface area contributed by atoms with Crippen LogP contribution in [0.2, 0.25) is 0 Å². The number of methoxy groups -OCH3 is 1. The molecule has 0 aliphatic heterocycles. The molecule has 0 aliphatic carbocycles. The Hall–Kier alpha value is -3.79. The Labute approximate surface area is 183 Å². The SMILES string of the molecule is COc1ccc(-c2nnc(SCC(=O)Nc3cc(C)nn3-c3ccccc3)n2N)cc1. The number of rotatable bonds is 7. The first kappa shape index (κ1) is 20.5. The Balaban J connectivity index is 1.43. The first-order chi connectivity index (χ1) is 15.0. The summed E-state index contributed by atoms with van der Waals surface area (Å²) in [6.45, 7) is 1.88. The molecule has 0 bridgehead atoms. The van der Waals surface area contributed by atoms with Crippen LogP contribution in [-0.4, -0.2) is 43.4 Å². The third kappa shape index (κ3) is 4.53. The number of aromatic nitrogens is 5. The number of nitrogens with one attached hydrogen (secondary N) is 1. The van der Waals surface area contributed by atoms with Crippen LogP contribution in [0, 0.1) is 6.92 Å². The van der Waals surface area contributed by atoms with Crippen LogP contribution in [0.3, 0.4) is 0 Å². The van der Waals surface area contributed by atoms with Gasteiger partial charge in [-0.1, -0.05) is 30.0 Å². The Morgan fingerprint density at radius 1 is 1.13 bits per heavy atom. The Kier molecular flexibility index (Phi) is 5.89. The lowest BCUT2D eigenvalue weighted by Crippen LogP contribution is -2.18. The van der Waals surface area contributed by atoms with Crippen molar-refractivity contribution in [3.63, 3.8) is 0 Å². The molecule has 31 heavy (non-hydrogen) atoms. The summed E-state index contributed by atoms with van der Waals surface area (Å²) in [5.74, 6) is 7.91. The van der Waals surface area contributed by atoms with E-state index in [2.05, 4.69) is 20.6 Å². The van der Waals surface area contributed by atoms with Crippen LogP contribution in [0.4, 0.5) is 5.82 Å². The molecule has 0 unspecified atom stereocenters. The van der Waals surface area contributed by atoms with Crippen LogP contribution < -0.4 is 15.9 Å². The molecule has 158 valence electrons. The molecule has 0 fully saturated rings. The normalized spacial score (nSPS) is 10.8. The number of nitrogens with two attached hydrogens (primary N) is 1. The molecule has 3 N–H and O–H groups in total. The molecule has 0 spiro atoms. The van der Waals surface area contributed by atoms with Crippen molar-refractivity contribution >= 4 is 23.5 Å². The smallest absolute Gasteiger partial charge is 0.236 e. The second-order valence-electron chi connectivity index (χ2n) is 6.66. The summed E-state index contributed by atoms with van der Waals surface area (Å²) in [6, 6.07) is 18.8. The quantitative estimate of drug-likeness (QED) is 0.339. The van der Waals surface area contributed by atoms with Crippen molar-refractivity contribution in [2.45, 2.75) is 12.1 Å². The van der Waals surface area contributed by atoms with Crippen LogP contribution in [0.25, 0.3) is 17.1 Å². The molecular formula is C21H21N7O2S. The molecular weight excluding hydrogens is 414 g/mol. The Morgan fingerprint density at radius 2 is 1.87 bits per heavy atom. The summed E-state index contributed by atoms with van der Waals surface area (Å²) in [6.07, 6.45) is 0. The number of para-hydroxylation sites is 1. The van der Waals surface area contributed by atoms with E-state index in [4.69, 9.17) is 10.6 Å². The maximum absolute atomic E-state index is 12.6. The van der Waals surface area contributed by atoms with E-state index in [0.717, 1.165) is 22.7 Å². The number of benzene rings is 2. The molecule has 9 nitrogen and oxygen atoms in total. The second kappa shape index (κ2) is 8.92. The van der Waals surface area contributed by atoms with Gasteiger partial charge in [-0.25, -0.2) is 9.36 Å². The molecule has 10 heteroatoms. The third-order valence-corrected chi connectivity index (χ3v) is 5.39. The molecule has 0 radical (unpaired) electrons. The van der Waals surface area contributed by atoms with Gasteiger partial charge < -0.3 is 15.9 Å². The summed E-state index contributed by atoms with van der Waals surface area (Å²) in [5.41, 5.74) is 2.47. The lowest BCUT2D eigenvalue weighted by Gasteiger charge is -2.09. The van der Waals surface area contributed by atoms with E-state index in [9.17, 15) is 4.79 Å². The maximum atomic E-state index is 12.6. The molecule has 0 saturated heterocycles. The van der Waals surface area contributed by atoms with E-state index in [1.165, 1.54) is 16.4 Å². The average Bonchev–Trinajstić information content (AvgIpc) is 3.34. The number of carbonyl (C=O) groups is 1. The maximum Gasteiger partial charge on any atom is 0.236 e. The minimum Gasteiger partial charge on any atom is -0.497 e. The van der Waals surface area contributed by atoms with Gasteiger partial charge in [-0.15, -0.1) is 10.2 Å². The van der Waals surface area contributed by atoms with Crippen molar-refractivity contribution in [2.24, 2.45) is 0 Å². The van der Waals surface area contributed by atoms with Gasteiger partial charge in [0.2, 0.25) is 11.1 Å². The topological polar surface area (TPSA) is 113 Å². The van der Waals surface area contributed by atoms with Gasteiger partial charge in [0.05, 0.1) is 24.2 Å².